The fraction of sp³-hybridized carbons (Fsp3) is 0.500. The van der Waals surface area contributed by atoms with Gasteiger partial charge in [-0.1, -0.05) is 0 Å². The molecule has 4 nitrogen and oxygen atoms in total. The van der Waals surface area contributed by atoms with E-state index in [2.05, 4.69) is 5.32 Å². The van der Waals surface area contributed by atoms with Gasteiger partial charge in [0, 0.05) is 45.0 Å². The summed E-state index contributed by atoms with van der Waals surface area (Å²) in [6.07, 6.45) is 0. The average molecular weight is 247 g/mol. The molecule has 18 heavy (non-hydrogen) atoms. The van der Waals surface area contributed by atoms with E-state index in [0.717, 1.165) is 30.9 Å². The lowest BCUT2D eigenvalue weighted by molar-refractivity contribution is 0.0630. The van der Waals surface area contributed by atoms with Gasteiger partial charge >= 0.3 is 0 Å². The lowest BCUT2D eigenvalue weighted by Crippen LogP contribution is -2.58. The smallest absolute Gasteiger partial charge is 0.254 e. The third-order valence-electron chi connectivity index (χ3n) is 3.43. The van der Waals surface area contributed by atoms with Crippen molar-refractivity contribution in [1.82, 2.24) is 10.2 Å². The third-order valence-corrected chi connectivity index (χ3v) is 3.43. The molecule has 98 valence electrons. The van der Waals surface area contributed by atoms with Crippen molar-refractivity contribution in [1.29, 1.82) is 0 Å². The Morgan fingerprint density at radius 1 is 1.28 bits per heavy atom. The van der Waals surface area contributed by atoms with Crippen molar-refractivity contribution in [3.8, 4) is 0 Å². The van der Waals surface area contributed by atoms with Crippen molar-refractivity contribution in [2.75, 3.05) is 38.6 Å². The Balaban J connectivity index is 2.11. The largest absolute Gasteiger partial charge is 0.378 e. The van der Waals surface area contributed by atoms with Gasteiger partial charge in [-0.3, -0.25) is 4.79 Å². The van der Waals surface area contributed by atoms with Crippen LogP contribution in [0.1, 0.15) is 17.3 Å². The van der Waals surface area contributed by atoms with E-state index in [4.69, 9.17) is 0 Å². The molecule has 1 aliphatic rings. The molecule has 0 spiro atoms. The number of benzene rings is 1. The second kappa shape index (κ2) is 5.40. The molecule has 1 amide bonds. The van der Waals surface area contributed by atoms with E-state index in [9.17, 15) is 4.79 Å². The summed E-state index contributed by atoms with van der Waals surface area (Å²) in [6, 6.07) is 8.15. The number of amides is 1. The zero-order valence-corrected chi connectivity index (χ0v) is 11.3. The monoisotopic (exact) mass is 247 g/mol. The van der Waals surface area contributed by atoms with Gasteiger partial charge in [-0.15, -0.1) is 0 Å². The van der Waals surface area contributed by atoms with Crippen LogP contribution in [0.15, 0.2) is 24.3 Å². The minimum atomic E-state index is 0.134. The number of carbonyl (C=O) groups excluding carboxylic acids is 1. The van der Waals surface area contributed by atoms with Crippen molar-refractivity contribution >= 4 is 11.6 Å². The van der Waals surface area contributed by atoms with Gasteiger partial charge in [-0.2, -0.15) is 0 Å². The second-order valence-corrected chi connectivity index (χ2v) is 4.84. The van der Waals surface area contributed by atoms with E-state index in [1.807, 2.05) is 55.1 Å². The highest BCUT2D eigenvalue weighted by atomic mass is 16.2. The molecule has 2 rings (SSSR count). The topological polar surface area (TPSA) is 35.6 Å². The van der Waals surface area contributed by atoms with Crippen molar-refractivity contribution in [2.45, 2.75) is 13.0 Å². The molecule has 1 saturated heterocycles. The molecule has 1 aromatic carbocycles. The third kappa shape index (κ3) is 2.48. The van der Waals surface area contributed by atoms with E-state index in [0.29, 0.717) is 6.04 Å². The summed E-state index contributed by atoms with van der Waals surface area (Å²) in [5, 5.41) is 3.21. The molecule has 0 bridgehead atoms. The van der Waals surface area contributed by atoms with Crippen molar-refractivity contribution in [3.05, 3.63) is 29.8 Å². The lowest BCUT2D eigenvalue weighted by Gasteiger charge is -2.37. The van der Waals surface area contributed by atoms with Crippen LogP contribution in [0.2, 0.25) is 0 Å². The van der Waals surface area contributed by atoms with Gasteiger partial charge in [-0.25, -0.2) is 0 Å². The number of hydrogen-bond donors (Lipinski definition) is 1. The van der Waals surface area contributed by atoms with Gasteiger partial charge in [-0.05, 0) is 31.2 Å². The maximum Gasteiger partial charge on any atom is 0.254 e. The van der Waals surface area contributed by atoms with Crippen molar-refractivity contribution in [3.63, 3.8) is 0 Å². The molecule has 1 aromatic rings. The van der Waals surface area contributed by atoms with E-state index >= 15 is 0 Å². The number of carbonyl (C=O) groups is 1. The second-order valence-electron chi connectivity index (χ2n) is 4.84. The standard InChI is InChI=1S/C14H21N3O/c1-4-17(13-9-15-10-13)14(18)11-5-7-12(8-6-11)16(2)3/h5-8,13,15H,4,9-10H2,1-3H3. The van der Waals surface area contributed by atoms with Gasteiger partial charge in [0.2, 0.25) is 0 Å². The average Bonchev–Trinajstić information content (AvgIpc) is 2.32. The van der Waals surface area contributed by atoms with Crippen LogP contribution in [0.5, 0.6) is 0 Å². The molecule has 0 radical (unpaired) electrons. The predicted molar refractivity (Wildman–Crippen MR) is 74.1 cm³/mol. The molecular weight excluding hydrogens is 226 g/mol. The Morgan fingerprint density at radius 2 is 1.89 bits per heavy atom. The summed E-state index contributed by atoms with van der Waals surface area (Å²) in [4.78, 5) is 16.4. The number of anilines is 1. The molecule has 0 atom stereocenters. The van der Waals surface area contributed by atoms with Crippen molar-refractivity contribution in [2.24, 2.45) is 0 Å². The molecule has 1 fully saturated rings. The minimum absolute atomic E-state index is 0.134. The van der Waals surface area contributed by atoms with Gasteiger partial charge in [0.1, 0.15) is 0 Å². The zero-order chi connectivity index (χ0) is 13.1. The maximum absolute atomic E-state index is 12.4. The first-order valence-electron chi connectivity index (χ1n) is 6.42. The fourth-order valence-corrected chi connectivity index (χ4v) is 2.13. The molecule has 4 heteroatoms. The number of nitrogens with one attached hydrogen (secondary N) is 1. The molecule has 0 saturated carbocycles. The van der Waals surface area contributed by atoms with Crippen LogP contribution >= 0.6 is 0 Å². The first-order valence-corrected chi connectivity index (χ1v) is 6.42. The van der Waals surface area contributed by atoms with Crippen LogP contribution in [0.25, 0.3) is 0 Å². The van der Waals surface area contributed by atoms with Crippen molar-refractivity contribution < 1.29 is 4.79 Å². The number of nitrogens with zero attached hydrogens (tertiary/aromatic N) is 2. The highest BCUT2D eigenvalue weighted by Crippen LogP contribution is 2.15. The maximum atomic E-state index is 12.4. The number of hydrogen-bond acceptors (Lipinski definition) is 3. The molecule has 0 unspecified atom stereocenters. The Morgan fingerprint density at radius 3 is 2.28 bits per heavy atom. The minimum Gasteiger partial charge on any atom is -0.378 e. The van der Waals surface area contributed by atoms with Crippen LogP contribution in [-0.4, -0.2) is 50.6 Å². The summed E-state index contributed by atoms with van der Waals surface area (Å²) >= 11 is 0. The van der Waals surface area contributed by atoms with Crippen LogP contribution in [0.3, 0.4) is 0 Å². The first kappa shape index (κ1) is 12.9. The summed E-state index contributed by atoms with van der Waals surface area (Å²) < 4.78 is 0. The zero-order valence-electron chi connectivity index (χ0n) is 11.3. The van der Waals surface area contributed by atoms with Crippen LogP contribution < -0.4 is 10.2 Å². The summed E-state index contributed by atoms with van der Waals surface area (Å²) in [6.45, 7) is 4.62. The van der Waals surface area contributed by atoms with E-state index in [-0.39, 0.29) is 5.91 Å². The summed E-state index contributed by atoms with van der Waals surface area (Å²) in [5.41, 5.74) is 1.88. The lowest BCUT2D eigenvalue weighted by atomic mass is 10.1. The number of likely N-dealkylation sites (N-methyl/N-ethyl adjacent to an activating group) is 1. The van der Waals surface area contributed by atoms with Crippen LogP contribution in [0, 0.1) is 0 Å². The van der Waals surface area contributed by atoms with Crippen LogP contribution in [-0.2, 0) is 0 Å². The van der Waals surface area contributed by atoms with Crippen LogP contribution in [0.4, 0.5) is 5.69 Å². The summed E-state index contributed by atoms with van der Waals surface area (Å²) in [5.74, 6) is 0.134. The molecular formula is C14H21N3O. The Hall–Kier alpha value is -1.55. The van der Waals surface area contributed by atoms with Gasteiger partial charge in [0.15, 0.2) is 0 Å². The molecule has 1 N–H and O–H groups in total. The van der Waals surface area contributed by atoms with Gasteiger partial charge in [0.25, 0.3) is 5.91 Å². The van der Waals surface area contributed by atoms with Gasteiger partial charge < -0.3 is 15.1 Å². The van der Waals surface area contributed by atoms with E-state index in [1.165, 1.54) is 0 Å². The number of rotatable bonds is 4. The molecule has 1 heterocycles. The quantitative estimate of drug-likeness (QED) is 0.868. The highest BCUT2D eigenvalue weighted by Gasteiger charge is 2.27. The summed E-state index contributed by atoms with van der Waals surface area (Å²) in [7, 11) is 3.99. The predicted octanol–water partition coefficient (Wildman–Crippen LogP) is 1.19. The first-order chi connectivity index (χ1) is 8.63. The molecule has 1 aliphatic heterocycles. The van der Waals surface area contributed by atoms with E-state index in [1.54, 1.807) is 0 Å². The Labute approximate surface area is 109 Å². The molecule has 0 aliphatic carbocycles. The molecule has 0 aromatic heterocycles. The SMILES string of the molecule is CCN(C(=O)c1ccc(N(C)C)cc1)C1CNC1. The normalized spacial score (nSPS) is 15.1. The Kier molecular flexibility index (Phi) is 3.87. The van der Waals surface area contributed by atoms with E-state index < -0.39 is 0 Å². The highest BCUT2D eigenvalue weighted by molar-refractivity contribution is 5.94. The van der Waals surface area contributed by atoms with Gasteiger partial charge in [0.05, 0.1) is 6.04 Å². The Bertz CT molecular complexity index is 410. The fourth-order valence-electron chi connectivity index (χ4n) is 2.13.